The first-order valence-corrected chi connectivity index (χ1v) is 8.19. The van der Waals surface area contributed by atoms with Crippen LogP contribution < -0.4 is 15.1 Å². The predicted octanol–water partition coefficient (Wildman–Crippen LogP) is 2.70. The van der Waals surface area contributed by atoms with Gasteiger partial charge >= 0.3 is 0 Å². The zero-order chi connectivity index (χ0) is 14.4. The minimum absolute atomic E-state index is 0.0124. The van der Waals surface area contributed by atoms with Gasteiger partial charge in [-0.3, -0.25) is 0 Å². The lowest BCUT2D eigenvalue weighted by Crippen LogP contribution is -2.44. The van der Waals surface area contributed by atoms with Crippen molar-refractivity contribution in [3.63, 3.8) is 0 Å². The summed E-state index contributed by atoms with van der Waals surface area (Å²) in [5, 5.41) is 3.30. The normalized spacial score (nSPS) is 25.1. The second-order valence-electron chi connectivity index (χ2n) is 6.02. The van der Waals surface area contributed by atoms with Crippen molar-refractivity contribution >= 4 is 24.0 Å². The Morgan fingerprint density at radius 2 is 1.90 bits per heavy atom. The summed E-state index contributed by atoms with van der Waals surface area (Å²) in [5.41, 5.74) is 2.86. The van der Waals surface area contributed by atoms with E-state index < -0.39 is 0 Å². The summed E-state index contributed by atoms with van der Waals surface area (Å²) in [5.74, 6) is -0.124. The molecule has 0 amide bonds. The van der Waals surface area contributed by atoms with Gasteiger partial charge in [-0.25, -0.2) is 4.39 Å². The molecule has 1 atom stereocenters. The molecule has 1 unspecified atom stereocenters. The molecule has 0 radical (unpaired) electrons. The molecule has 0 bridgehead atoms. The molecule has 1 aromatic rings. The third-order valence-corrected chi connectivity index (χ3v) is 4.97. The molecule has 4 rings (SSSR count). The molecule has 1 aromatic carbocycles. The average molecular weight is 305 g/mol. The summed E-state index contributed by atoms with van der Waals surface area (Å²) in [6.45, 7) is 3.55. The fourth-order valence-electron chi connectivity index (χ4n) is 3.20. The minimum Gasteiger partial charge on any atom is -0.367 e. The van der Waals surface area contributed by atoms with Crippen LogP contribution in [-0.2, 0) is 0 Å². The van der Waals surface area contributed by atoms with Gasteiger partial charge in [-0.1, -0.05) is 6.08 Å². The van der Waals surface area contributed by atoms with Crippen molar-refractivity contribution in [2.75, 3.05) is 36.0 Å². The van der Waals surface area contributed by atoms with Crippen molar-refractivity contribution in [2.45, 2.75) is 24.1 Å². The Hall–Kier alpha value is -1.20. The van der Waals surface area contributed by atoms with Gasteiger partial charge < -0.3 is 15.1 Å². The molecule has 112 valence electrons. The fraction of sp³-hybridized carbons (Fsp3) is 0.500. The van der Waals surface area contributed by atoms with E-state index in [4.69, 9.17) is 0 Å². The van der Waals surface area contributed by atoms with Gasteiger partial charge in [0.2, 0.25) is 0 Å². The van der Waals surface area contributed by atoms with E-state index in [1.165, 1.54) is 12.8 Å². The first-order chi connectivity index (χ1) is 10.2. The molecule has 0 aromatic heterocycles. The van der Waals surface area contributed by atoms with Crippen LogP contribution in [0.5, 0.6) is 0 Å². The minimum atomic E-state index is -0.124. The third kappa shape index (κ3) is 2.42. The van der Waals surface area contributed by atoms with Gasteiger partial charge in [0, 0.05) is 49.4 Å². The molecular weight excluding hydrogens is 285 g/mol. The SMILES string of the molecule is Fc1cc2c(cc1N1CCNCC1)N(C1CC1)C=CC2S. The van der Waals surface area contributed by atoms with Crippen LogP contribution in [-0.4, -0.2) is 32.2 Å². The predicted molar refractivity (Wildman–Crippen MR) is 87.9 cm³/mol. The molecule has 1 aliphatic carbocycles. The number of nitrogens with one attached hydrogen (secondary N) is 1. The van der Waals surface area contributed by atoms with Crippen molar-refractivity contribution in [1.29, 1.82) is 0 Å². The Kier molecular flexibility index (Phi) is 3.34. The second kappa shape index (κ2) is 5.21. The lowest BCUT2D eigenvalue weighted by Gasteiger charge is -2.34. The van der Waals surface area contributed by atoms with E-state index in [1.807, 2.05) is 12.1 Å². The third-order valence-electron chi connectivity index (χ3n) is 4.52. The zero-order valence-electron chi connectivity index (χ0n) is 11.9. The summed E-state index contributed by atoms with van der Waals surface area (Å²) in [6, 6.07) is 4.30. The highest BCUT2D eigenvalue weighted by molar-refractivity contribution is 7.80. The second-order valence-corrected chi connectivity index (χ2v) is 6.58. The van der Waals surface area contributed by atoms with Gasteiger partial charge in [-0.15, -0.1) is 0 Å². The molecule has 21 heavy (non-hydrogen) atoms. The van der Waals surface area contributed by atoms with E-state index in [0.29, 0.717) is 6.04 Å². The highest BCUT2D eigenvalue weighted by Crippen LogP contribution is 2.43. The highest BCUT2D eigenvalue weighted by atomic mass is 32.1. The lowest BCUT2D eigenvalue weighted by atomic mass is 10.0. The number of hydrogen-bond donors (Lipinski definition) is 2. The number of halogens is 1. The van der Waals surface area contributed by atoms with Crippen LogP contribution in [0.4, 0.5) is 15.8 Å². The van der Waals surface area contributed by atoms with Crippen LogP contribution in [0.3, 0.4) is 0 Å². The van der Waals surface area contributed by atoms with Crippen molar-refractivity contribution < 1.29 is 4.39 Å². The Morgan fingerprint density at radius 1 is 1.14 bits per heavy atom. The number of anilines is 2. The van der Waals surface area contributed by atoms with Crippen LogP contribution in [0.2, 0.25) is 0 Å². The summed E-state index contributed by atoms with van der Waals surface area (Å²) >= 11 is 4.57. The monoisotopic (exact) mass is 305 g/mol. The summed E-state index contributed by atoms with van der Waals surface area (Å²) in [4.78, 5) is 4.44. The number of hydrogen-bond acceptors (Lipinski definition) is 4. The molecule has 1 saturated heterocycles. The van der Waals surface area contributed by atoms with Crippen LogP contribution in [0.25, 0.3) is 0 Å². The van der Waals surface area contributed by atoms with E-state index in [-0.39, 0.29) is 11.1 Å². The van der Waals surface area contributed by atoms with Gasteiger partial charge in [-0.2, -0.15) is 12.6 Å². The Morgan fingerprint density at radius 3 is 2.62 bits per heavy atom. The van der Waals surface area contributed by atoms with Crippen LogP contribution in [0.15, 0.2) is 24.4 Å². The molecule has 0 spiro atoms. The smallest absolute Gasteiger partial charge is 0.146 e. The lowest BCUT2D eigenvalue weighted by molar-refractivity contribution is 0.565. The molecule has 1 saturated carbocycles. The largest absolute Gasteiger partial charge is 0.367 e. The number of benzene rings is 1. The Bertz CT molecular complexity index is 579. The highest BCUT2D eigenvalue weighted by Gasteiger charge is 2.33. The molecule has 2 heterocycles. The summed E-state index contributed by atoms with van der Waals surface area (Å²) in [6.07, 6.45) is 6.62. The zero-order valence-corrected chi connectivity index (χ0v) is 12.8. The quantitative estimate of drug-likeness (QED) is 0.819. The summed E-state index contributed by atoms with van der Waals surface area (Å²) < 4.78 is 14.5. The number of thiol groups is 1. The van der Waals surface area contributed by atoms with Gasteiger partial charge in [0.1, 0.15) is 5.82 Å². The topological polar surface area (TPSA) is 18.5 Å². The van der Waals surface area contributed by atoms with E-state index in [0.717, 1.165) is 43.1 Å². The average Bonchev–Trinajstić information content (AvgIpc) is 3.33. The molecule has 5 heteroatoms. The number of fused-ring (bicyclic) bond motifs is 1. The van der Waals surface area contributed by atoms with Crippen molar-refractivity contribution in [2.24, 2.45) is 0 Å². The Labute approximate surface area is 130 Å². The van der Waals surface area contributed by atoms with Gasteiger partial charge in [0.05, 0.1) is 5.69 Å². The molecule has 3 aliphatic rings. The number of rotatable bonds is 2. The van der Waals surface area contributed by atoms with E-state index >= 15 is 0 Å². The van der Waals surface area contributed by atoms with Crippen molar-refractivity contribution in [3.05, 3.63) is 35.8 Å². The fourth-order valence-corrected chi connectivity index (χ4v) is 3.49. The molecule has 3 nitrogen and oxygen atoms in total. The molecular formula is C16H20FN3S. The standard InChI is InChI=1S/C16H20FN3S/c17-13-9-12-14(10-15(13)19-7-4-18-5-8-19)20(11-1-2-11)6-3-16(12)21/h3,6,9-11,16,18,21H,1-2,4-5,7-8H2. The molecule has 2 fully saturated rings. The van der Waals surface area contributed by atoms with Gasteiger partial charge in [0.15, 0.2) is 0 Å². The molecule has 1 N–H and O–H groups in total. The van der Waals surface area contributed by atoms with Gasteiger partial charge in [-0.05, 0) is 30.5 Å². The first kappa shape index (κ1) is 13.5. The maximum absolute atomic E-state index is 14.5. The van der Waals surface area contributed by atoms with E-state index in [2.05, 4.69) is 33.9 Å². The maximum Gasteiger partial charge on any atom is 0.146 e. The van der Waals surface area contributed by atoms with E-state index in [1.54, 1.807) is 6.07 Å². The Balaban J connectivity index is 1.75. The van der Waals surface area contributed by atoms with Gasteiger partial charge in [0.25, 0.3) is 0 Å². The van der Waals surface area contributed by atoms with Crippen LogP contribution in [0.1, 0.15) is 23.7 Å². The van der Waals surface area contributed by atoms with Crippen molar-refractivity contribution in [1.82, 2.24) is 5.32 Å². The van der Waals surface area contributed by atoms with Crippen LogP contribution in [0, 0.1) is 5.82 Å². The molecule has 2 aliphatic heterocycles. The number of nitrogens with zero attached hydrogens (tertiary/aromatic N) is 2. The van der Waals surface area contributed by atoms with E-state index in [9.17, 15) is 4.39 Å². The number of piperazine rings is 1. The maximum atomic E-state index is 14.5. The summed E-state index contributed by atoms with van der Waals surface area (Å²) in [7, 11) is 0. The van der Waals surface area contributed by atoms with Crippen molar-refractivity contribution in [3.8, 4) is 0 Å². The van der Waals surface area contributed by atoms with Crippen LogP contribution >= 0.6 is 12.6 Å². The first-order valence-electron chi connectivity index (χ1n) is 7.68.